The normalized spacial score (nSPS) is 11.5. The Morgan fingerprint density at radius 2 is 1.87 bits per heavy atom. The molecule has 0 aliphatic rings. The average Bonchev–Trinajstić information content (AvgIpc) is 2.20. The number of hydrogen-bond acceptors (Lipinski definition) is 2. The number of rotatable bonds is 4. The van der Waals surface area contributed by atoms with Gasteiger partial charge in [-0.25, -0.2) is 8.78 Å². The van der Waals surface area contributed by atoms with Crippen LogP contribution >= 0.6 is 0 Å². The SMILES string of the molecule is CNC(C)(C)CNc1ccc(F)c(F)c1. The maximum absolute atomic E-state index is 12.9. The Bertz CT molecular complexity index is 337. The fourth-order valence-corrected chi connectivity index (χ4v) is 1.02. The van der Waals surface area contributed by atoms with E-state index in [0.717, 1.165) is 12.1 Å². The van der Waals surface area contributed by atoms with E-state index in [1.165, 1.54) is 6.07 Å². The van der Waals surface area contributed by atoms with Crippen LogP contribution < -0.4 is 10.6 Å². The van der Waals surface area contributed by atoms with Crippen LogP contribution in [0, 0.1) is 11.6 Å². The largest absolute Gasteiger partial charge is 0.383 e. The molecule has 0 aliphatic carbocycles. The second-order valence-electron chi connectivity index (χ2n) is 4.12. The first kappa shape index (κ1) is 11.9. The van der Waals surface area contributed by atoms with Crippen LogP contribution in [-0.2, 0) is 0 Å². The number of anilines is 1. The highest BCUT2D eigenvalue weighted by atomic mass is 19.2. The van der Waals surface area contributed by atoms with Crippen molar-refractivity contribution in [1.29, 1.82) is 0 Å². The van der Waals surface area contributed by atoms with Gasteiger partial charge in [-0.2, -0.15) is 0 Å². The second kappa shape index (κ2) is 4.57. The van der Waals surface area contributed by atoms with E-state index in [0.29, 0.717) is 12.2 Å². The van der Waals surface area contributed by atoms with Crippen molar-refractivity contribution in [2.75, 3.05) is 18.9 Å². The van der Waals surface area contributed by atoms with E-state index < -0.39 is 11.6 Å². The number of likely N-dealkylation sites (N-methyl/N-ethyl adjacent to an activating group) is 1. The van der Waals surface area contributed by atoms with Crippen LogP contribution in [0.4, 0.5) is 14.5 Å². The molecular formula is C11H16F2N2. The van der Waals surface area contributed by atoms with Crippen molar-refractivity contribution in [3.63, 3.8) is 0 Å². The van der Waals surface area contributed by atoms with E-state index in [9.17, 15) is 8.78 Å². The molecule has 0 aliphatic heterocycles. The molecule has 0 aromatic heterocycles. The molecule has 0 spiro atoms. The van der Waals surface area contributed by atoms with Crippen molar-refractivity contribution < 1.29 is 8.78 Å². The van der Waals surface area contributed by atoms with Crippen LogP contribution in [0.3, 0.4) is 0 Å². The van der Waals surface area contributed by atoms with Gasteiger partial charge in [0, 0.05) is 17.8 Å². The van der Waals surface area contributed by atoms with Gasteiger partial charge in [0.15, 0.2) is 11.6 Å². The van der Waals surface area contributed by atoms with Crippen LogP contribution in [0.15, 0.2) is 18.2 Å². The summed E-state index contributed by atoms with van der Waals surface area (Å²) in [5.74, 6) is -1.66. The molecule has 0 unspecified atom stereocenters. The summed E-state index contributed by atoms with van der Waals surface area (Å²) >= 11 is 0. The lowest BCUT2D eigenvalue weighted by atomic mass is 10.1. The fraction of sp³-hybridized carbons (Fsp3) is 0.455. The van der Waals surface area contributed by atoms with Gasteiger partial charge in [-0.05, 0) is 39.1 Å². The number of nitrogens with one attached hydrogen (secondary N) is 2. The van der Waals surface area contributed by atoms with E-state index in [1.54, 1.807) is 0 Å². The van der Waals surface area contributed by atoms with Gasteiger partial charge in [0.25, 0.3) is 0 Å². The standard InChI is InChI=1S/C11H16F2N2/c1-11(2,14-3)7-15-8-4-5-9(12)10(13)6-8/h4-6,14-15H,7H2,1-3H3. The molecule has 0 amide bonds. The molecule has 2 nitrogen and oxygen atoms in total. The van der Waals surface area contributed by atoms with Gasteiger partial charge < -0.3 is 10.6 Å². The first-order valence-electron chi connectivity index (χ1n) is 4.82. The molecule has 0 saturated heterocycles. The summed E-state index contributed by atoms with van der Waals surface area (Å²) in [5, 5.41) is 6.14. The zero-order chi connectivity index (χ0) is 11.5. The van der Waals surface area contributed by atoms with Gasteiger partial charge in [-0.15, -0.1) is 0 Å². The van der Waals surface area contributed by atoms with E-state index >= 15 is 0 Å². The molecule has 0 bridgehead atoms. The van der Waals surface area contributed by atoms with Crippen molar-refractivity contribution in [2.45, 2.75) is 19.4 Å². The minimum absolute atomic E-state index is 0.0924. The van der Waals surface area contributed by atoms with Crippen molar-refractivity contribution in [1.82, 2.24) is 5.32 Å². The van der Waals surface area contributed by atoms with Gasteiger partial charge in [0.2, 0.25) is 0 Å². The predicted octanol–water partition coefficient (Wildman–Crippen LogP) is 2.37. The van der Waals surface area contributed by atoms with E-state index in [-0.39, 0.29) is 5.54 Å². The molecule has 4 heteroatoms. The highest BCUT2D eigenvalue weighted by Gasteiger charge is 2.14. The summed E-state index contributed by atoms with van der Waals surface area (Å²) in [6.07, 6.45) is 0. The van der Waals surface area contributed by atoms with Crippen LogP contribution in [0.5, 0.6) is 0 Å². The molecule has 0 fully saturated rings. The third kappa shape index (κ3) is 3.47. The van der Waals surface area contributed by atoms with Gasteiger partial charge in [0.05, 0.1) is 0 Å². The Balaban J connectivity index is 2.62. The first-order chi connectivity index (χ1) is 6.94. The van der Waals surface area contributed by atoms with Crippen LogP contribution in [0.1, 0.15) is 13.8 Å². The molecule has 1 aromatic carbocycles. The van der Waals surface area contributed by atoms with Crippen LogP contribution in [-0.4, -0.2) is 19.1 Å². The van der Waals surface area contributed by atoms with E-state index in [4.69, 9.17) is 0 Å². The summed E-state index contributed by atoms with van der Waals surface area (Å²) in [6.45, 7) is 4.66. The van der Waals surface area contributed by atoms with Crippen LogP contribution in [0.2, 0.25) is 0 Å². The van der Waals surface area contributed by atoms with Gasteiger partial charge in [0.1, 0.15) is 0 Å². The van der Waals surface area contributed by atoms with Crippen LogP contribution in [0.25, 0.3) is 0 Å². The zero-order valence-electron chi connectivity index (χ0n) is 9.20. The highest BCUT2D eigenvalue weighted by molar-refractivity contribution is 5.43. The maximum atomic E-state index is 12.9. The summed E-state index contributed by atoms with van der Waals surface area (Å²) in [4.78, 5) is 0. The quantitative estimate of drug-likeness (QED) is 0.804. The molecule has 1 rings (SSSR count). The first-order valence-corrected chi connectivity index (χ1v) is 4.82. The van der Waals surface area contributed by atoms with Gasteiger partial charge in [-0.1, -0.05) is 0 Å². The molecular weight excluding hydrogens is 198 g/mol. The molecule has 2 N–H and O–H groups in total. The summed E-state index contributed by atoms with van der Waals surface area (Å²) in [7, 11) is 1.85. The Kier molecular flexibility index (Phi) is 3.63. The third-order valence-corrected chi connectivity index (χ3v) is 2.33. The second-order valence-corrected chi connectivity index (χ2v) is 4.12. The lowest BCUT2D eigenvalue weighted by Gasteiger charge is -2.24. The number of benzene rings is 1. The molecule has 1 aromatic rings. The Morgan fingerprint density at radius 3 is 2.40 bits per heavy atom. The Hall–Kier alpha value is -1.16. The fourth-order valence-electron chi connectivity index (χ4n) is 1.02. The van der Waals surface area contributed by atoms with Crippen molar-refractivity contribution >= 4 is 5.69 Å². The lowest BCUT2D eigenvalue weighted by molar-refractivity contribution is 0.448. The average molecular weight is 214 g/mol. The summed E-state index contributed by atoms with van der Waals surface area (Å²) < 4.78 is 25.5. The number of halogens is 2. The van der Waals surface area contributed by atoms with Crippen molar-refractivity contribution in [3.8, 4) is 0 Å². The summed E-state index contributed by atoms with van der Waals surface area (Å²) in [6, 6.07) is 3.79. The minimum Gasteiger partial charge on any atom is -0.383 e. The molecule has 0 atom stereocenters. The third-order valence-electron chi connectivity index (χ3n) is 2.33. The molecule has 0 heterocycles. The molecule has 15 heavy (non-hydrogen) atoms. The Morgan fingerprint density at radius 1 is 1.20 bits per heavy atom. The Labute approximate surface area is 88.7 Å². The lowest BCUT2D eigenvalue weighted by Crippen LogP contribution is -2.42. The maximum Gasteiger partial charge on any atom is 0.160 e. The molecule has 0 radical (unpaired) electrons. The topological polar surface area (TPSA) is 24.1 Å². The van der Waals surface area contributed by atoms with E-state index in [2.05, 4.69) is 10.6 Å². The van der Waals surface area contributed by atoms with Crippen molar-refractivity contribution in [3.05, 3.63) is 29.8 Å². The van der Waals surface area contributed by atoms with E-state index in [1.807, 2.05) is 20.9 Å². The zero-order valence-corrected chi connectivity index (χ0v) is 9.20. The monoisotopic (exact) mass is 214 g/mol. The van der Waals surface area contributed by atoms with Crippen molar-refractivity contribution in [2.24, 2.45) is 0 Å². The predicted molar refractivity (Wildman–Crippen MR) is 58.0 cm³/mol. The number of hydrogen-bond donors (Lipinski definition) is 2. The summed E-state index contributed by atoms with van der Waals surface area (Å²) in [5.41, 5.74) is 0.488. The molecule has 0 saturated carbocycles. The molecule has 84 valence electrons. The van der Waals surface area contributed by atoms with Gasteiger partial charge >= 0.3 is 0 Å². The highest BCUT2D eigenvalue weighted by Crippen LogP contribution is 2.14. The smallest absolute Gasteiger partial charge is 0.160 e. The minimum atomic E-state index is -0.831. The van der Waals surface area contributed by atoms with Gasteiger partial charge in [-0.3, -0.25) is 0 Å².